The molecule has 0 spiro atoms. The van der Waals surface area contributed by atoms with Gasteiger partial charge in [0.1, 0.15) is 0 Å². The van der Waals surface area contributed by atoms with E-state index in [1.807, 2.05) is 23.7 Å². The Morgan fingerprint density at radius 2 is 1.88 bits per heavy atom. The zero-order valence-electron chi connectivity index (χ0n) is 14.1. The van der Waals surface area contributed by atoms with Gasteiger partial charge in [-0.05, 0) is 42.0 Å². The molecule has 1 aromatic heterocycles. The van der Waals surface area contributed by atoms with Gasteiger partial charge in [0.15, 0.2) is 4.80 Å². The average Bonchev–Trinajstić information content (AvgIpc) is 2.90. The molecule has 0 aliphatic carbocycles. The number of aromatic nitrogens is 1. The Labute approximate surface area is 150 Å². The van der Waals surface area contributed by atoms with E-state index in [1.165, 1.54) is 10.5 Å². The number of hydrogen-bond acceptors (Lipinski definition) is 3. The molecule has 1 heterocycles. The zero-order valence-corrected chi connectivity index (χ0v) is 15.7. The van der Waals surface area contributed by atoms with Crippen LogP contribution in [0.5, 0.6) is 0 Å². The highest BCUT2D eigenvalue weighted by Crippen LogP contribution is 2.23. The molecule has 0 aliphatic heterocycles. The molecule has 0 fully saturated rings. The molecule has 0 saturated heterocycles. The molecule has 1 amide bonds. The second kappa shape index (κ2) is 7.36. The predicted octanol–water partition coefficient (Wildman–Crippen LogP) is 4.19. The summed E-state index contributed by atoms with van der Waals surface area (Å²) >= 11 is 3.28. The number of rotatable bonds is 4. The Morgan fingerprint density at radius 1 is 1.17 bits per heavy atom. The lowest BCUT2D eigenvalue weighted by molar-refractivity contribution is -0.117. The summed E-state index contributed by atoms with van der Waals surface area (Å²) < 4.78 is 3.14. The fourth-order valence-corrected chi connectivity index (χ4v) is 4.15. The summed E-state index contributed by atoms with van der Waals surface area (Å²) in [4.78, 5) is 18.6. The third-order valence-corrected chi connectivity index (χ3v) is 5.84. The third kappa shape index (κ3) is 3.62. The van der Waals surface area contributed by atoms with Crippen LogP contribution in [0.25, 0.3) is 10.2 Å². The Hall–Kier alpha value is -1.85. The molecule has 3 aromatic rings. The summed E-state index contributed by atoms with van der Waals surface area (Å²) in [5.41, 5.74) is 3.40. The highest BCUT2D eigenvalue weighted by Gasteiger charge is 2.07. The minimum absolute atomic E-state index is 0.105. The maximum absolute atomic E-state index is 12.3. The van der Waals surface area contributed by atoms with Crippen molar-refractivity contribution >= 4 is 39.2 Å². The second-order valence-electron chi connectivity index (χ2n) is 5.63. The average molecular weight is 357 g/mol. The first-order valence-electron chi connectivity index (χ1n) is 7.89. The van der Waals surface area contributed by atoms with Crippen molar-refractivity contribution in [3.8, 4) is 0 Å². The molecule has 2 aromatic carbocycles. The van der Waals surface area contributed by atoms with Crippen LogP contribution in [0.15, 0.2) is 52.4 Å². The number of hydrogen-bond donors (Lipinski definition) is 0. The molecular formula is C19H20N2OS2. The van der Waals surface area contributed by atoms with Crippen molar-refractivity contribution in [3.63, 3.8) is 0 Å². The first-order valence-corrected chi connectivity index (χ1v) is 9.93. The lowest BCUT2D eigenvalue weighted by Gasteiger charge is -2.00. The van der Waals surface area contributed by atoms with Crippen LogP contribution < -0.4 is 4.80 Å². The van der Waals surface area contributed by atoms with Crippen LogP contribution in [0.1, 0.15) is 18.1 Å². The van der Waals surface area contributed by atoms with E-state index in [0.717, 1.165) is 27.0 Å². The lowest BCUT2D eigenvalue weighted by Crippen LogP contribution is -2.14. The Bertz CT molecular complexity index is 936. The van der Waals surface area contributed by atoms with Crippen LogP contribution in [0.2, 0.25) is 0 Å². The maximum Gasteiger partial charge on any atom is 0.252 e. The lowest BCUT2D eigenvalue weighted by atomic mass is 10.1. The topological polar surface area (TPSA) is 34.4 Å². The number of thioether (sulfide) groups is 1. The molecule has 0 bridgehead atoms. The summed E-state index contributed by atoms with van der Waals surface area (Å²) in [6.07, 6.45) is 3.41. The van der Waals surface area contributed by atoms with Gasteiger partial charge in [-0.1, -0.05) is 42.5 Å². The summed E-state index contributed by atoms with van der Waals surface area (Å²) in [7, 11) is 1.96. The molecular weight excluding hydrogens is 336 g/mol. The quantitative estimate of drug-likeness (QED) is 0.657. The van der Waals surface area contributed by atoms with Crippen LogP contribution in [-0.4, -0.2) is 16.7 Å². The van der Waals surface area contributed by atoms with Gasteiger partial charge in [0.05, 0.1) is 16.6 Å². The number of thiazole rings is 1. The Kier molecular flexibility index (Phi) is 5.21. The number of amides is 1. The van der Waals surface area contributed by atoms with Gasteiger partial charge in [0.25, 0.3) is 5.91 Å². The SMILES string of the molecule is CCc1ccc(CC(=O)N=c2sc3cc(SC)ccc3n2C)cc1. The molecule has 24 heavy (non-hydrogen) atoms. The van der Waals surface area contributed by atoms with Crippen molar-refractivity contribution in [1.29, 1.82) is 0 Å². The van der Waals surface area contributed by atoms with Gasteiger partial charge in [0.2, 0.25) is 0 Å². The summed E-state index contributed by atoms with van der Waals surface area (Å²) in [6.45, 7) is 2.12. The first kappa shape index (κ1) is 17.0. The van der Waals surface area contributed by atoms with Gasteiger partial charge in [0, 0.05) is 11.9 Å². The van der Waals surface area contributed by atoms with Crippen molar-refractivity contribution in [2.45, 2.75) is 24.7 Å². The molecule has 0 aliphatic rings. The first-order chi connectivity index (χ1) is 11.6. The number of benzene rings is 2. The summed E-state index contributed by atoms with van der Waals surface area (Å²) in [5, 5.41) is 0. The van der Waals surface area contributed by atoms with Gasteiger partial charge < -0.3 is 4.57 Å². The van der Waals surface area contributed by atoms with Crippen molar-refractivity contribution in [2.24, 2.45) is 12.0 Å². The normalized spacial score (nSPS) is 12.0. The number of carbonyl (C=O) groups excluding carboxylic acids is 1. The van der Waals surface area contributed by atoms with E-state index in [-0.39, 0.29) is 5.91 Å². The zero-order chi connectivity index (χ0) is 17.1. The molecule has 3 nitrogen and oxygen atoms in total. The van der Waals surface area contributed by atoms with Gasteiger partial charge in [-0.15, -0.1) is 11.8 Å². The van der Waals surface area contributed by atoms with Gasteiger partial charge in [-0.3, -0.25) is 4.79 Å². The summed E-state index contributed by atoms with van der Waals surface area (Å²) in [6, 6.07) is 14.5. The van der Waals surface area contributed by atoms with E-state index < -0.39 is 0 Å². The monoisotopic (exact) mass is 356 g/mol. The van der Waals surface area contributed by atoms with Crippen molar-refractivity contribution in [2.75, 3.05) is 6.26 Å². The van der Waals surface area contributed by atoms with E-state index in [4.69, 9.17) is 0 Å². The van der Waals surface area contributed by atoms with Crippen LogP contribution in [0, 0.1) is 0 Å². The number of fused-ring (bicyclic) bond motifs is 1. The van der Waals surface area contributed by atoms with Gasteiger partial charge in [-0.2, -0.15) is 4.99 Å². The second-order valence-corrected chi connectivity index (χ2v) is 7.52. The number of nitrogens with zero attached hydrogens (tertiary/aromatic N) is 2. The summed E-state index contributed by atoms with van der Waals surface area (Å²) in [5.74, 6) is -0.105. The van der Waals surface area contributed by atoms with E-state index in [0.29, 0.717) is 6.42 Å². The van der Waals surface area contributed by atoms with E-state index in [1.54, 1.807) is 23.1 Å². The van der Waals surface area contributed by atoms with Crippen LogP contribution in [0.3, 0.4) is 0 Å². The van der Waals surface area contributed by atoms with E-state index in [9.17, 15) is 4.79 Å². The van der Waals surface area contributed by atoms with Crippen LogP contribution in [0.4, 0.5) is 0 Å². The van der Waals surface area contributed by atoms with Crippen molar-refractivity contribution in [3.05, 3.63) is 58.4 Å². The highest BCUT2D eigenvalue weighted by molar-refractivity contribution is 7.98. The number of aryl methyl sites for hydroxylation is 2. The molecule has 3 rings (SSSR count). The highest BCUT2D eigenvalue weighted by atomic mass is 32.2. The van der Waals surface area contributed by atoms with Gasteiger partial charge >= 0.3 is 0 Å². The fraction of sp³-hybridized carbons (Fsp3) is 0.263. The van der Waals surface area contributed by atoms with E-state index >= 15 is 0 Å². The number of carbonyl (C=O) groups is 1. The van der Waals surface area contributed by atoms with E-state index in [2.05, 4.69) is 48.5 Å². The van der Waals surface area contributed by atoms with Crippen LogP contribution in [-0.2, 0) is 24.7 Å². The third-order valence-electron chi connectivity index (χ3n) is 4.02. The molecule has 0 unspecified atom stereocenters. The molecule has 0 N–H and O–H groups in total. The molecule has 124 valence electrons. The van der Waals surface area contributed by atoms with Crippen molar-refractivity contribution < 1.29 is 4.79 Å². The Morgan fingerprint density at radius 3 is 2.54 bits per heavy atom. The Balaban J connectivity index is 1.87. The largest absolute Gasteiger partial charge is 0.319 e. The maximum atomic E-state index is 12.3. The molecule has 0 radical (unpaired) electrons. The minimum Gasteiger partial charge on any atom is -0.319 e. The predicted molar refractivity (Wildman–Crippen MR) is 103 cm³/mol. The standard InChI is InChI=1S/C19H20N2OS2/c1-4-13-5-7-14(8-6-13)11-18(22)20-19-21(2)16-10-9-15(23-3)12-17(16)24-19/h5-10,12H,4,11H2,1-3H3. The van der Waals surface area contributed by atoms with Crippen molar-refractivity contribution in [1.82, 2.24) is 4.57 Å². The minimum atomic E-state index is -0.105. The molecule has 5 heteroatoms. The smallest absolute Gasteiger partial charge is 0.252 e. The molecule has 0 atom stereocenters. The fourth-order valence-electron chi connectivity index (χ4n) is 2.56. The molecule has 0 saturated carbocycles. The van der Waals surface area contributed by atoms with Crippen LogP contribution >= 0.6 is 23.1 Å². The van der Waals surface area contributed by atoms with Gasteiger partial charge in [-0.25, -0.2) is 0 Å².